The summed E-state index contributed by atoms with van der Waals surface area (Å²) in [7, 11) is -3.89. The fourth-order valence-electron chi connectivity index (χ4n) is 3.48. The molecule has 0 saturated carbocycles. The molecule has 0 saturated heterocycles. The van der Waals surface area contributed by atoms with Gasteiger partial charge in [0.1, 0.15) is 0 Å². The maximum absolute atomic E-state index is 10.9. The van der Waals surface area contributed by atoms with E-state index in [1.54, 1.807) is 0 Å². The van der Waals surface area contributed by atoms with Gasteiger partial charge in [-0.2, -0.15) is 13.5 Å². The molecule has 1 aliphatic heterocycles. The van der Waals surface area contributed by atoms with Gasteiger partial charge >= 0.3 is 0 Å². The van der Waals surface area contributed by atoms with Gasteiger partial charge in [0.25, 0.3) is 10.1 Å². The summed E-state index contributed by atoms with van der Waals surface area (Å²) >= 11 is 0. The second kappa shape index (κ2) is 5.89. The van der Waals surface area contributed by atoms with Gasteiger partial charge < -0.3 is 0 Å². The Morgan fingerprint density at radius 3 is 2.77 bits per heavy atom. The summed E-state index contributed by atoms with van der Waals surface area (Å²) in [6, 6.07) is 8.29. The standard InChI is InChI=1S/C15H19N3O3S/c19-22(20,21)10-4-3-8-15(14-16-11-17-18-14)9-7-12-5-1-2-6-13(12)15/h1-2,5-6H,3-4,7-11H2,(H,19,20,21). The van der Waals surface area contributed by atoms with Crippen LogP contribution in [-0.2, 0) is 22.0 Å². The Morgan fingerprint density at radius 1 is 1.23 bits per heavy atom. The number of amidine groups is 1. The first-order valence-corrected chi connectivity index (χ1v) is 9.08. The molecule has 0 amide bonds. The van der Waals surface area contributed by atoms with Crippen LogP contribution in [0.5, 0.6) is 0 Å². The van der Waals surface area contributed by atoms with Crippen LogP contribution in [0, 0.1) is 0 Å². The molecule has 0 radical (unpaired) electrons. The average Bonchev–Trinajstić information content (AvgIpc) is 3.11. The summed E-state index contributed by atoms with van der Waals surface area (Å²) in [5.74, 6) is 0.572. The fraction of sp³-hybridized carbons (Fsp3) is 0.533. The highest BCUT2D eigenvalue weighted by atomic mass is 32.2. The van der Waals surface area contributed by atoms with Gasteiger partial charge in [-0.3, -0.25) is 4.55 Å². The number of aryl methyl sites for hydroxylation is 1. The molecule has 0 bridgehead atoms. The molecule has 1 N–H and O–H groups in total. The van der Waals surface area contributed by atoms with Gasteiger partial charge in [0, 0.05) is 0 Å². The van der Waals surface area contributed by atoms with Crippen molar-refractivity contribution in [3.8, 4) is 0 Å². The predicted molar refractivity (Wildman–Crippen MR) is 83.9 cm³/mol. The van der Waals surface area contributed by atoms with Crippen LogP contribution in [0.25, 0.3) is 0 Å². The van der Waals surface area contributed by atoms with E-state index in [0.717, 1.165) is 25.1 Å². The topological polar surface area (TPSA) is 91.5 Å². The summed E-state index contributed by atoms with van der Waals surface area (Å²) in [5, 5.41) is 8.20. The normalized spacial score (nSPS) is 23.6. The monoisotopic (exact) mass is 321 g/mol. The van der Waals surface area contributed by atoms with Crippen molar-refractivity contribution < 1.29 is 13.0 Å². The Morgan fingerprint density at radius 2 is 2.05 bits per heavy atom. The lowest BCUT2D eigenvalue weighted by Gasteiger charge is -2.28. The van der Waals surface area contributed by atoms with Crippen LogP contribution in [0.15, 0.2) is 39.5 Å². The van der Waals surface area contributed by atoms with Crippen molar-refractivity contribution >= 4 is 16.0 Å². The van der Waals surface area contributed by atoms with Crippen molar-refractivity contribution in [3.05, 3.63) is 35.4 Å². The molecule has 3 rings (SSSR count). The molecule has 2 aliphatic rings. The minimum absolute atomic E-state index is 0.196. The third-order valence-electron chi connectivity index (χ3n) is 4.49. The van der Waals surface area contributed by atoms with Crippen molar-refractivity contribution in [1.29, 1.82) is 0 Å². The zero-order valence-corrected chi connectivity index (χ0v) is 13.1. The van der Waals surface area contributed by atoms with Gasteiger partial charge in [-0.25, -0.2) is 4.99 Å². The van der Waals surface area contributed by atoms with E-state index in [1.807, 2.05) is 12.1 Å². The van der Waals surface area contributed by atoms with E-state index < -0.39 is 10.1 Å². The van der Waals surface area contributed by atoms with E-state index in [2.05, 4.69) is 27.4 Å². The number of rotatable bonds is 6. The molecule has 1 atom stereocenters. The van der Waals surface area contributed by atoms with Crippen LogP contribution < -0.4 is 0 Å². The predicted octanol–water partition coefficient (Wildman–Crippen LogP) is 2.75. The molecule has 1 aliphatic carbocycles. The number of benzene rings is 1. The molecule has 22 heavy (non-hydrogen) atoms. The Kier molecular flexibility index (Phi) is 4.10. The summed E-state index contributed by atoms with van der Waals surface area (Å²) in [6.45, 7) is 0.379. The number of fused-ring (bicyclic) bond motifs is 1. The lowest BCUT2D eigenvalue weighted by Crippen LogP contribution is -2.32. The quantitative estimate of drug-likeness (QED) is 0.645. The molecule has 1 heterocycles. The molecule has 118 valence electrons. The van der Waals surface area contributed by atoms with E-state index in [1.165, 1.54) is 11.1 Å². The second-order valence-corrected chi connectivity index (χ2v) is 7.42. The molecular formula is C15H19N3O3S. The first-order chi connectivity index (χ1) is 10.5. The number of hydrogen-bond acceptors (Lipinski definition) is 5. The molecule has 6 nitrogen and oxygen atoms in total. The highest BCUT2D eigenvalue weighted by molar-refractivity contribution is 7.85. The molecule has 0 fully saturated rings. The van der Waals surface area contributed by atoms with Gasteiger partial charge in [-0.15, -0.1) is 5.11 Å². The molecule has 0 spiro atoms. The lowest BCUT2D eigenvalue weighted by atomic mass is 9.76. The van der Waals surface area contributed by atoms with Crippen LogP contribution >= 0.6 is 0 Å². The number of azo groups is 1. The van der Waals surface area contributed by atoms with E-state index >= 15 is 0 Å². The SMILES string of the molecule is O=S(=O)(O)CCCCC1(C2=NCN=N2)CCc2ccccc21. The van der Waals surface area contributed by atoms with Crippen LogP contribution in [0.3, 0.4) is 0 Å². The van der Waals surface area contributed by atoms with E-state index in [0.29, 0.717) is 19.5 Å². The zero-order chi connectivity index (χ0) is 15.6. The van der Waals surface area contributed by atoms with Crippen molar-refractivity contribution in [3.63, 3.8) is 0 Å². The first kappa shape index (κ1) is 15.3. The largest absolute Gasteiger partial charge is 0.286 e. The van der Waals surface area contributed by atoms with Crippen molar-refractivity contribution in [2.45, 2.75) is 37.5 Å². The molecule has 1 unspecified atom stereocenters. The van der Waals surface area contributed by atoms with Crippen LogP contribution in [0.1, 0.15) is 36.8 Å². The van der Waals surface area contributed by atoms with Crippen molar-refractivity contribution in [2.24, 2.45) is 15.2 Å². The van der Waals surface area contributed by atoms with Crippen LogP contribution in [0.4, 0.5) is 0 Å². The minimum atomic E-state index is -3.89. The highest BCUT2D eigenvalue weighted by Gasteiger charge is 2.43. The van der Waals surface area contributed by atoms with E-state index in [-0.39, 0.29) is 11.2 Å². The molecule has 7 heteroatoms. The number of aliphatic imine (C=N–C) groups is 1. The number of nitrogens with zero attached hydrogens (tertiary/aromatic N) is 3. The van der Waals surface area contributed by atoms with Gasteiger partial charge in [-0.05, 0) is 36.8 Å². The Labute approximate surface area is 130 Å². The van der Waals surface area contributed by atoms with E-state index in [4.69, 9.17) is 4.55 Å². The third-order valence-corrected chi connectivity index (χ3v) is 5.29. The lowest BCUT2D eigenvalue weighted by molar-refractivity contribution is 0.467. The molecule has 1 aromatic rings. The van der Waals surface area contributed by atoms with Crippen LogP contribution in [-0.4, -0.2) is 31.2 Å². The average molecular weight is 321 g/mol. The molecule has 1 aromatic carbocycles. The minimum Gasteiger partial charge on any atom is -0.286 e. The summed E-state index contributed by atoms with van der Waals surface area (Å²) in [6.07, 6.45) is 3.81. The third kappa shape index (κ3) is 2.96. The molecular weight excluding hydrogens is 302 g/mol. The van der Waals surface area contributed by atoms with Gasteiger partial charge in [0.05, 0.1) is 11.2 Å². The van der Waals surface area contributed by atoms with E-state index in [9.17, 15) is 8.42 Å². The highest BCUT2D eigenvalue weighted by Crippen LogP contribution is 2.44. The summed E-state index contributed by atoms with van der Waals surface area (Å²) < 4.78 is 30.6. The summed E-state index contributed by atoms with van der Waals surface area (Å²) in [5.41, 5.74) is 2.29. The van der Waals surface area contributed by atoms with Gasteiger partial charge in [0.15, 0.2) is 12.5 Å². The smallest absolute Gasteiger partial charge is 0.264 e. The van der Waals surface area contributed by atoms with Gasteiger partial charge in [-0.1, -0.05) is 30.7 Å². The Balaban J connectivity index is 1.82. The van der Waals surface area contributed by atoms with Crippen LogP contribution in [0.2, 0.25) is 0 Å². The maximum Gasteiger partial charge on any atom is 0.264 e. The number of hydrogen-bond donors (Lipinski definition) is 1. The van der Waals surface area contributed by atoms with Crippen molar-refractivity contribution in [2.75, 3.05) is 12.4 Å². The van der Waals surface area contributed by atoms with Crippen molar-refractivity contribution in [1.82, 2.24) is 0 Å². The van der Waals surface area contributed by atoms with Gasteiger partial charge in [0.2, 0.25) is 0 Å². The fourth-order valence-corrected chi connectivity index (χ4v) is 4.05. The summed E-state index contributed by atoms with van der Waals surface area (Å²) in [4.78, 5) is 4.43. The first-order valence-electron chi connectivity index (χ1n) is 7.47. The maximum atomic E-state index is 10.9. The Hall–Kier alpha value is -1.60. The number of unbranched alkanes of at least 4 members (excludes halogenated alkanes) is 1. The zero-order valence-electron chi connectivity index (χ0n) is 12.3. The molecule has 0 aromatic heterocycles. The Bertz CT molecular complexity index is 727. The second-order valence-electron chi connectivity index (χ2n) is 5.85.